The van der Waals surface area contributed by atoms with Crippen LogP contribution in [0.4, 0.5) is 0 Å². The number of hydrogen-bond donors (Lipinski definition) is 2. The molecule has 1 heterocycles. The number of imidazole rings is 1. The molecule has 0 aliphatic carbocycles. The summed E-state index contributed by atoms with van der Waals surface area (Å²) in [6, 6.07) is 24.9. The van der Waals surface area contributed by atoms with Gasteiger partial charge >= 0.3 is 5.97 Å². The molecule has 5 rings (SSSR count). The van der Waals surface area contributed by atoms with Crippen LogP contribution < -0.4 is 0 Å². The third-order valence-electron chi connectivity index (χ3n) is 8.11. The number of carbonyl (C=O) groups is 2. The summed E-state index contributed by atoms with van der Waals surface area (Å²) in [6.45, 7) is 10.5. The lowest BCUT2D eigenvalue weighted by atomic mass is 9.85. The number of ketones is 1. The summed E-state index contributed by atoms with van der Waals surface area (Å²) >= 11 is 6.47. The van der Waals surface area contributed by atoms with Crippen molar-refractivity contribution in [3.8, 4) is 22.5 Å². The van der Waals surface area contributed by atoms with Crippen molar-refractivity contribution in [2.24, 2.45) is 0 Å². The van der Waals surface area contributed by atoms with Gasteiger partial charge in [-0.1, -0.05) is 82.1 Å². The highest BCUT2D eigenvalue weighted by atomic mass is 35.5. The molecule has 4 aromatic carbocycles. The maximum atomic E-state index is 13.7. The van der Waals surface area contributed by atoms with Crippen molar-refractivity contribution in [2.45, 2.75) is 65.2 Å². The highest BCUT2D eigenvalue weighted by Gasteiger charge is 2.24. The quantitative estimate of drug-likeness (QED) is 0.167. The van der Waals surface area contributed by atoms with Crippen LogP contribution in [-0.4, -0.2) is 26.8 Å². The maximum absolute atomic E-state index is 13.7. The minimum atomic E-state index is -1.11. The molecule has 1 atom stereocenters. The van der Waals surface area contributed by atoms with E-state index in [0.29, 0.717) is 34.0 Å². The normalized spacial score (nSPS) is 12.4. The van der Waals surface area contributed by atoms with Crippen LogP contribution in [0.1, 0.15) is 90.3 Å². The summed E-state index contributed by atoms with van der Waals surface area (Å²) in [4.78, 5) is 34.6. The Morgan fingerprint density at radius 3 is 2.33 bits per heavy atom. The molecule has 0 fully saturated rings. The van der Waals surface area contributed by atoms with Gasteiger partial charge in [0.25, 0.3) is 0 Å². The SMILES string of the molecule is CCC[C@@H](CC(=O)c1cc(C(=O)O)c(-c2cc(Cl)ccc2-c2nc3ccc(C(C)(C)C)cc3[nH]2)cc1C)c1ccccc1. The molecule has 220 valence electrons. The number of hydrogen-bond acceptors (Lipinski definition) is 3. The number of rotatable bonds is 9. The number of nitrogens with zero attached hydrogens (tertiary/aromatic N) is 1. The van der Waals surface area contributed by atoms with Crippen LogP contribution in [0.2, 0.25) is 5.02 Å². The molecule has 0 amide bonds. The molecule has 0 aliphatic heterocycles. The third kappa shape index (κ3) is 6.42. The molecule has 6 heteroatoms. The number of fused-ring (bicyclic) bond motifs is 1. The number of aryl methyl sites for hydroxylation is 1. The van der Waals surface area contributed by atoms with E-state index in [4.69, 9.17) is 16.6 Å². The Morgan fingerprint density at radius 2 is 1.65 bits per heavy atom. The lowest BCUT2D eigenvalue weighted by molar-refractivity contribution is 0.0697. The lowest BCUT2D eigenvalue weighted by Crippen LogP contribution is -2.11. The first-order chi connectivity index (χ1) is 20.5. The largest absolute Gasteiger partial charge is 0.478 e. The Kier molecular flexibility index (Phi) is 8.57. The number of H-pyrrole nitrogens is 1. The monoisotopic (exact) mass is 592 g/mol. The second-order valence-corrected chi connectivity index (χ2v) is 12.7. The van der Waals surface area contributed by atoms with Crippen molar-refractivity contribution in [2.75, 3.05) is 0 Å². The van der Waals surface area contributed by atoms with Gasteiger partial charge in [-0.2, -0.15) is 0 Å². The van der Waals surface area contributed by atoms with Crippen LogP contribution in [0.25, 0.3) is 33.5 Å². The number of aromatic nitrogens is 2. The predicted molar refractivity (Wildman–Crippen MR) is 175 cm³/mol. The number of aromatic carboxylic acids is 1. The van der Waals surface area contributed by atoms with Crippen LogP contribution in [0.3, 0.4) is 0 Å². The van der Waals surface area contributed by atoms with Crippen molar-refractivity contribution >= 4 is 34.4 Å². The topological polar surface area (TPSA) is 83.1 Å². The van der Waals surface area contributed by atoms with Crippen molar-refractivity contribution in [1.82, 2.24) is 9.97 Å². The maximum Gasteiger partial charge on any atom is 0.336 e. The van der Waals surface area contributed by atoms with Crippen LogP contribution in [-0.2, 0) is 5.41 Å². The first kappa shape index (κ1) is 30.2. The van der Waals surface area contributed by atoms with Gasteiger partial charge in [-0.25, -0.2) is 9.78 Å². The number of halogens is 1. The van der Waals surface area contributed by atoms with E-state index in [1.54, 1.807) is 18.2 Å². The fourth-order valence-corrected chi connectivity index (χ4v) is 5.92. The van der Waals surface area contributed by atoms with E-state index in [-0.39, 0.29) is 22.7 Å². The minimum Gasteiger partial charge on any atom is -0.478 e. The predicted octanol–water partition coefficient (Wildman–Crippen LogP) is 10.0. The van der Waals surface area contributed by atoms with Gasteiger partial charge < -0.3 is 10.1 Å². The van der Waals surface area contributed by atoms with E-state index in [2.05, 4.69) is 56.9 Å². The Morgan fingerprint density at radius 1 is 0.907 bits per heavy atom. The van der Waals surface area contributed by atoms with Crippen molar-refractivity contribution in [3.05, 3.63) is 112 Å². The van der Waals surface area contributed by atoms with Crippen molar-refractivity contribution in [1.29, 1.82) is 0 Å². The summed E-state index contributed by atoms with van der Waals surface area (Å²) in [6.07, 6.45) is 2.14. The fraction of sp³-hybridized carbons (Fsp3) is 0.270. The molecule has 0 aliphatic rings. The van der Waals surface area contributed by atoms with Crippen molar-refractivity contribution < 1.29 is 14.7 Å². The molecule has 1 aromatic heterocycles. The molecular formula is C37H37ClN2O3. The third-order valence-corrected chi connectivity index (χ3v) is 8.35. The number of carboxylic acids is 1. The molecular weight excluding hydrogens is 556 g/mol. The average molecular weight is 593 g/mol. The highest BCUT2D eigenvalue weighted by Crippen LogP contribution is 2.38. The summed E-state index contributed by atoms with van der Waals surface area (Å²) < 4.78 is 0. The molecule has 0 saturated heterocycles. The molecule has 0 bridgehead atoms. The number of benzene rings is 4. The minimum absolute atomic E-state index is 0.0182. The second-order valence-electron chi connectivity index (χ2n) is 12.3. The van der Waals surface area contributed by atoms with E-state index in [9.17, 15) is 14.7 Å². The van der Waals surface area contributed by atoms with Gasteiger partial charge in [0.15, 0.2) is 5.78 Å². The van der Waals surface area contributed by atoms with Crippen LogP contribution in [0.15, 0.2) is 78.9 Å². The summed E-state index contributed by atoms with van der Waals surface area (Å²) in [5.74, 6) is -0.487. The molecule has 0 unspecified atom stereocenters. The molecule has 0 spiro atoms. The summed E-state index contributed by atoms with van der Waals surface area (Å²) in [7, 11) is 0. The van der Waals surface area contributed by atoms with E-state index < -0.39 is 5.97 Å². The van der Waals surface area contributed by atoms with Crippen molar-refractivity contribution in [3.63, 3.8) is 0 Å². The Balaban J connectivity index is 1.58. The lowest BCUT2D eigenvalue weighted by Gasteiger charge is -2.18. The molecule has 5 aromatic rings. The first-order valence-corrected chi connectivity index (χ1v) is 15.1. The second kappa shape index (κ2) is 12.2. The number of aromatic amines is 1. The zero-order valence-electron chi connectivity index (χ0n) is 25.3. The van der Waals surface area contributed by atoms with E-state index >= 15 is 0 Å². The molecule has 43 heavy (non-hydrogen) atoms. The molecule has 5 nitrogen and oxygen atoms in total. The van der Waals surface area contributed by atoms with Crippen LogP contribution >= 0.6 is 11.6 Å². The fourth-order valence-electron chi connectivity index (χ4n) is 5.75. The van der Waals surface area contributed by atoms with Gasteiger partial charge in [-0.15, -0.1) is 0 Å². The Labute approximate surface area is 258 Å². The van der Waals surface area contributed by atoms with E-state index in [0.717, 1.165) is 40.6 Å². The zero-order chi connectivity index (χ0) is 30.9. The standard InChI is InChI=1S/C37H37ClN2O3/c1-6-10-24(23-11-8-7-9-12-23)18-34(41)28-21-31(36(42)43)29(17-22(28)2)30-20-26(38)14-15-27(30)35-39-32-16-13-25(37(3,4)5)19-33(32)40-35/h7-9,11-17,19-21,24H,6,10,18H2,1-5H3,(H,39,40)(H,42,43)/t24-/m0/s1. The van der Waals surface area contributed by atoms with Gasteiger partial charge in [-0.05, 0) is 95.0 Å². The summed E-state index contributed by atoms with van der Waals surface area (Å²) in [5.41, 5.74) is 7.06. The number of carbonyl (C=O) groups excluding carboxylic acids is 1. The average Bonchev–Trinajstić information content (AvgIpc) is 3.40. The highest BCUT2D eigenvalue weighted by molar-refractivity contribution is 6.31. The van der Waals surface area contributed by atoms with E-state index in [1.165, 1.54) is 11.6 Å². The van der Waals surface area contributed by atoms with Crippen LogP contribution in [0, 0.1) is 6.92 Å². The molecule has 0 saturated carbocycles. The number of Topliss-reactive ketones (excluding diaryl/α,β-unsaturated/α-hetero) is 1. The van der Waals surface area contributed by atoms with Gasteiger partial charge in [0, 0.05) is 22.6 Å². The van der Waals surface area contributed by atoms with Crippen LogP contribution in [0.5, 0.6) is 0 Å². The Bertz CT molecular complexity index is 1820. The zero-order valence-corrected chi connectivity index (χ0v) is 26.0. The van der Waals surface area contributed by atoms with Gasteiger partial charge in [-0.3, -0.25) is 4.79 Å². The van der Waals surface area contributed by atoms with Gasteiger partial charge in [0.2, 0.25) is 0 Å². The smallest absolute Gasteiger partial charge is 0.336 e. The molecule has 0 radical (unpaired) electrons. The number of nitrogens with one attached hydrogen (secondary N) is 1. The molecule has 2 N–H and O–H groups in total. The first-order valence-electron chi connectivity index (χ1n) is 14.7. The number of carboxylic acid groups (broad SMARTS) is 1. The van der Waals surface area contributed by atoms with Gasteiger partial charge in [0.1, 0.15) is 5.82 Å². The summed E-state index contributed by atoms with van der Waals surface area (Å²) in [5, 5.41) is 10.8. The van der Waals surface area contributed by atoms with Gasteiger partial charge in [0.05, 0.1) is 16.6 Å². The van der Waals surface area contributed by atoms with E-state index in [1.807, 2.05) is 37.3 Å². The Hall–Kier alpha value is -4.22.